The van der Waals surface area contributed by atoms with Crippen LogP contribution in [-0.4, -0.2) is 31.2 Å². The van der Waals surface area contributed by atoms with Crippen LogP contribution in [0.25, 0.3) is 10.9 Å². The van der Waals surface area contributed by atoms with Crippen LogP contribution in [0.5, 0.6) is 0 Å². The summed E-state index contributed by atoms with van der Waals surface area (Å²) in [4.78, 5) is 15.1. The van der Waals surface area contributed by atoms with Crippen LogP contribution in [0.1, 0.15) is 12.5 Å². The molecule has 19 heavy (non-hydrogen) atoms. The minimum atomic E-state index is 0.0488. The van der Waals surface area contributed by atoms with E-state index in [1.807, 2.05) is 30.5 Å². The second-order valence-electron chi connectivity index (χ2n) is 4.90. The number of carbonyl (C=O) groups excluding carboxylic acids is 1. The van der Waals surface area contributed by atoms with Crippen molar-refractivity contribution < 1.29 is 9.53 Å². The van der Waals surface area contributed by atoms with E-state index in [4.69, 9.17) is 4.74 Å². The molecule has 1 heterocycles. The zero-order valence-electron chi connectivity index (χ0n) is 11.4. The number of hydrogen-bond donors (Lipinski definition) is 2. The summed E-state index contributed by atoms with van der Waals surface area (Å²) < 4.78 is 5.04. The predicted molar refractivity (Wildman–Crippen MR) is 76.1 cm³/mol. The molecule has 0 fully saturated rings. The van der Waals surface area contributed by atoms with Gasteiger partial charge in [0.1, 0.15) is 0 Å². The van der Waals surface area contributed by atoms with Crippen LogP contribution in [0, 0.1) is 5.92 Å². The van der Waals surface area contributed by atoms with Gasteiger partial charge < -0.3 is 15.0 Å². The maximum atomic E-state index is 11.9. The Hall–Kier alpha value is -1.81. The molecule has 0 aliphatic rings. The lowest BCUT2D eigenvalue weighted by Gasteiger charge is -2.11. The highest BCUT2D eigenvalue weighted by Crippen LogP contribution is 2.17. The van der Waals surface area contributed by atoms with Crippen molar-refractivity contribution >= 4 is 16.8 Å². The molecule has 0 bridgehead atoms. The van der Waals surface area contributed by atoms with Crippen LogP contribution in [0.15, 0.2) is 30.5 Å². The highest BCUT2D eigenvalue weighted by Gasteiger charge is 2.09. The first kappa shape index (κ1) is 13.6. The van der Waals surface area contributed by atoms with E-state index >= 15 is 0 Å². The van der Waals surface area contributed by atoms with E-state index in [9.17, 15) is 4.79 Å². The number of methoxy groups -OCH3 is 1. The number of carbonyl (C=O) groups is 1. The third-order valence-corrected chi connectivity index (χ3v) is 3.12. The molecule has 0 saturated heterocycles. The molecule has 4 heteroatoms. The van der Waals surface area contributed by atoms with Gasteiger partial charge in [-0.3, -0.25) is 4.79 Å². The molecule has 0 spiro atoms. The molecule has 1 unspecified atom stereocenters. The fraction of sp³-hybridized carbons (Fsp3) is 0.400. The molecule has 1 aromatic heterocycles. The van der Waals surface area contributed by atoms with Crippen molar-refractivity contribution in [2.24, 2.45) is 5.92 Å². The number of ether oxygens (including phenoxy) is 1. The SMILES string of the molecule is COCC(C)CNC(=O)Cc1c[nH]c2ccccc12. The first-order chi connectivity index (χ1) is 9.20. The Kier molecular flexibility index (Phi) is 4.58. The van der Waals surface area contributed by atoms with E-state index in [2.05, 4.69) is 17.2 Å². The fourth-order valence-corrected chi connectivity index (χ4v) is 2.14. The summed E-state index contributed by atoms with van der Waals surface area (Å²) in [6.45, 7) is 3.36. The Morgan fingerprint density at radius 3 is 3.00 bits per heavy atom. The topological polar surface area (TPSA) is 54.1 Å². The summed E-state index contributed by atoms with van der Waals surface area (Å²) in [5.74, 6) is 0.379. The van der Waals surface area contributed by atoms with Gasteiger partial charge in [-0.25, -0.2) is 0 Å². The van der Waals surface area contributed by atoms with Gasteiger partial charge in [0.15, 0.2) is 0 Å². The van der Waals surface area contributed by atoms with E-state index in [0.717, 1.165) is 16.5 Å². The van der Waals surface area contributed by atoms with Crippen molar-refractivity contribution in [1.82, 2.24) is 10.3 Å². The van der Waals surface area contributed by atoms with Crippen molar-refractivity contribution in [1.29, 1.82) is 0 Å². The van der Waals surface area contributed by atoms with Gasteiger partial charge in [-0.15, -0.1) is 0 Å². The summed E-state index contributed by atoms with van der Waals surface area (Å²) >= 11 is 0. The Morgan fingerprint density at radius 1 is 1.42 bits per heavy atom. The smallest absolute Gasteiger partial charge is 0.224 e. The third-order valence-electron chi connectivity index (χ3n) is 3.12. The van der Waals surface area contributed by atoms with Gasteiger partial charge in [0.2, 0.25) is 5.91 Å². The maximum Gasteiger partial charge on any atom is 0.224 e. The molecule has 2 rings (SSSR count). The average molecular weight is 260 g/mol. The zero-order chi connectivity index (χ0) is 13.7. The van der Waals surface area contributed by atoms with Crippen LogP contribution >= 0.6 is 0 Å². The molecule has 1 aromatic carbocycles. The van der Waals surface area contributed by atoms with Gasteiger partial charge in [0, 0.05) is 30.8 Å². The lowest BCUT2D eigenvalue weighted by atomic mass is 10.1. The highest BCUT2D eigenvalue weighted by atomic mass is 16.5. The van der Waals surface area contributed by atoms with E-state index < -0.39 is 0 Å². The van der Waals surface area contributed by atoms with Crippen molar-refractivity contribution in [3.63, 3.8) is 0 Å². The highest BCUT2D eigenvalue weighted by molar-refractivity contribution is 5.88. The standard InChI is InChI=1S/C15H20N2O2/c1-11(10-19-2)8-17-15(18)7-12-9-16-14-6-4-3-5-13(12)14/h3-6,9,11,16H,7-8,10H2,1-2H3,(H,17,18). The summed E-state index contributed by atoms with van der Waals surface area (Å²) in [5, 5.41) is 4.05. The Balaban J connectivity index is 1.92. The van der Waals surface area contributed by atoms with Crippen molar-refractivity contribution in [2.75, 3.05) is 20.3 Å². The third kappa shape index (κ3) is 3.58. The molecule has 4 nitrogen and oxygen atoms in total. The largest absolute Gasteiger partial charge is 0.384 e. The number of aromatic nitrogens is 1. The van der Waals surface area contributed by atoms with Gasteiger partial charge >= 0.3 is 0 Å². The van der Waals surface area contributed by atoms with Crippen LogP contribution in [0.2, 0.25) is 0 Å². The first-order valence-electron chi connectivity index (χ1n) is 6.51. The molecule has 102 valence electrons. The van der Waals surface area contributed by atoms with Gasteiger partial charge in [0.05, 0.1) is 13.0 Å². The molecule has 0 aliphatic carbocycles. The van der Waals surface area contributed by atoms with Crippen LogP contribution in [0.3, 0.4) is 0 Å². The monoisotopic (exact) mass is 260 g/mol. The number of nitrogens with one attached hydrogen (secondary N) is 2. The summed E-state index contributed by atoms with van der Waals surface area (Å²) in [6.07, 6.45) is 2.31. The molecular formula is C15H20N2O2. The Morgan fingerprint density at radius 2 is 2.21 bits per heavy atom. The van der Waals surface area contributed by atoms with Crippen LogP contribution in [-0.2, 0) is 16.0 Å². The van der Waals surface area contributed by atoms with Crippen molar-refractivity contribution in [3.05, 3.63) is 36.0 Å². The van der Waals surface area contributed by atoms with Gasteiger partial charge in [0.25, 0.3) is 0 Å². The molecule has 1 atom stereocenters. The second-order valence-corrected chi connectivity index (χ2v) is 4.90. The number of rotatable bonds is 6. The molecule has 0 aliphatic heterocycles. The number of aromatic amines is 1. The quantitative estimate of drug-likeness (QED) is 0.835. The van der Waals surface area contributed by atoms with E-state index in [0.29, 0.717) is 25.5 Å². The lowest BCUT2D eigenvalue weighted by molar-refractivity contribution is -0.120. The van der Waals surface area contributed by atoms with E-state index in [1.165, 1.54) is 0 Å². The minimum absolute atomic E-state index is 0.0488. The zero-order valence-corrected chi connectivity index (χ0v) is 11.4. The maximum absolute atomic E-state index is 11.9. The molecular weight excluding hydrogens is 240 g/mol. The van der Waals surface area contributed by atoms with Gasteiger partial charge in [-0.1, -0.05) is 25.1 Å². The molecule has 2 N–H and O–H groups in total. The van der Waals surface area contributed by atoms with Gasteiger partial charge in [-0.2, -0.15) is 0 Å². The minimum Gasteiger partial charge on any atom is -0.384 e. The first-order valence-corrected chi connectivity index (χ1v) is 6.51. The normalized spacial score (nSPS) is 12.5. The number of para-hydroxylation sites is 1. The van der Waals surface area contributed by atoms with Crippen LogP contribution in [0.4, 0.5) is 0 Å². The lowest BCUT2D eigenvalue weighted by Crippen LogP contribution is -2.30. The molecule has 0 saturated carbocycles. The second kappa shape index (κ2) is 6.38. The summed E-state index contributed by atoms with van der Waals surface area (Å²) in [6, 6.07) is 8.01. The van der Waals surface area contributed by atoms with E-state index in [1.54, 1.807) is 7.11 Å². The van der Waals surface area contributed by atoms with Crippen molar-refractivity contribution in [2.45, 2.75) is 13.3 Å². The predicted octanol–water partition coefficient (Wildman–Crippen LogP) is 2.11. The average Bonchev–Trinajstić information content (AvgIpc) is 2.80. The number of H-pyrrole nitrogens is 1. The molecule has 1 amide bonds. The number of benzene rings is 1. The Bertz CT molecular complexity index is 548. The number of amides is 1. The van der Waals surface area contributed by atoms with Crippen LogP contribution < -0.4 is 5.32 Å². The number of hydrogen-bond acceptors (Lipinski definition) is 2. The Labute approximate surface area is 113 Å². The summed E-state index contributed by atoms with van der Waals surface area (Å²) in [7, 11) is 1.67. The van der Waals surface area contributed by atoms with Gasteiger partial charge in [-0.05, 0) is 17.5 Å². The van der Waals surface area contributed by atoms with Crippen molar-refractivity contribution in [3.8, 4) is 0 Å². The molecule has 0 radical (unpaired) electrons. The van der Waals surface area contributed by atoms with E-state index in [-0.39, 0.29) is 5.91 Å². The summed E-state index contributed by atoms with van der Waals surface area (Å²) in [5.41, 5.74) is 2.10. The number of fused-ring (bicyclic) bond motifs is 1. The molecule has 2 aromatic rings. The fourth-order valence-electron chi connectivity index (χ4n) is 2.14.